The van der Waals surface area contributed by atoms with Gasteiger partial charge in [-0.3, -0.25) is 19.4 Å². The van der Waals surface area contributed by atoms with E-state index >= 15 is 0 Å². The third-order valence-electron chi connectivity index (χ3n) is 5.87. The number of anilines is 1. The fourth-order valence-electron chi connectivity index (χ4n) is 3.95. The minimum Gasteiger partial charge on any atom is -0.495 e. The number of Topliss-reactive ketones (excluding diaryl/α,β-unsaturated/α-hetero) is 1. The second-order valence-electron chi connectivity index (χ2n) is 8.04. The first-order valence-corrected chi connectivity index (χ1v) is 12.1. The van der Waals surface area contributed by atoms with Crippen LogP contribution in [0.3, 0.4) is 0 Å². The van der Waals surface area contributed by atoms with Gasteiger partial charge in [-0.1, -0.05) is 23.5 Å². The highest BCUT2D eigenvalue weighted by Crippen LogP contribution is 2.40. The van der Waals surface area contributed by atoms with Crippen molar-refractivity contribution in [2.75, 3.05) is 58.5 Å². The zero-order chi connectivity index (χ0) is 24.1. The lowest BCUT2D eigenvalue weighted by Gasteiger charge is -2.27. The number of benzene rings is 2. The molecular formula is C25H29N3O5S. The summed E-state index contributed by atoms with van der Waals surface area (Å²) in [6.07, 6.45) is 0.793. The smallest absolute Gasteiger partial charge is 0.260 e. The van der Waals surface area contributed by atoms with Crippen molar-refractivity contribution in [2.45, 2.75) is 13.3 Å². The molecule has 2 aromatic carbocycles. The Morgan fingerprint density at radius 2 is 1.68 bits per heavy atom. The van der Waals surface area contributed by atoms with E-state index in [0.29, 0.717) is 39.8 Å². The number of rotatable bonds is 9. The molecule has 34 heavy (non-hydrogen) atoms. The Hall–Kier alpha value is -3.01. The molecule has 0 saturated carbocycles. The van der Waals surface area contributed by atoms with E-state index in [-0.39, 0.29) is 11.7 Å². The Kier molecular flexibility index (Phi) is 7.77. The molecule has 0 aliphatic carbocycles. The zero-order valence-corrected chi connectivity index (χ0v) is 20.5. The summed E-state index contributed by atoms with van der Waals surface area (Å²) in [5.74, 6) is 1.12. The SMILES string of the molecule is COc1ccc(OC)c2sc(N(CCCN3CCOCC3)C(=O)c3ccc(C(C)=O)cc3)nc12. The van der Waals surface area contributed by atoms with Crippen molar-refractivity contribution in [3.63, 3.8) is 0 Å². The summed E-state index contributed by atoms with van der Waals surface area (Å²) in [4.78, 5) is 34.1. The van der Waals surface area contributed by atoms with E-state index in [1.165, 1.54) is 18.3 Å². The van der Waals surface area contributed by atoms with Crippen LogP contribution in [0.25, 0.3) is 10.2 Å². The normalized spacial score (nSPS) is 14.2. The highest BCUT2D eigenvalue weighted by molar-refractivity contribution is 7.22. The molecule has 4 rings (SSSR count). The Morgan fingerprint density at radius 3 is 2.32 bits per heavy atom. The van der Waals surface area contributed by atoms with E-state index in [2.05, 4.69) is 4.90 Å². The number of aromatic nitrogens is 1. The quantitative estimate of drug-likeness (QED) is 0.427. The maximum absolute atomic E-state index is 13.6. The van der Waals surface area contributed by atoms with E-state index in [4.69, 9.17) is 19.2 Å². The average molecular weight is 484 g/mol. The standard InChI is InChI=1S/C25H29N3O5S/c1-17(29)18-5-7-19(8-6-18)24(30)28(12-4-11-27-13-15-33-16-14-27)25-26-22-20(31-2)9-10-21(32-3)23(22)34-25/h5-10H,4,11-16H2,1-3H3. The highest BCUT2D eigenvalue weighted by Gasteiger charge is 2.24. The van der Waals surface area contributed by atoms with Crippen LogP contribution in [0.5, 0.6) is 11.5 Å². The van der Waals surface area contributed by atoms with Crippen molar-refractivity contribution >= 4 is 38.4 Å². The van der Waals surface area contributed by atoms with Gasteiger partial charge in [0.1, 0.15) is 21.7 Å². The fraction of sp³-hybridized carbons (Fsp3) is 0.400. The van der Waals surface area contributed by atoms with Gasteiger partial charge in [0.2, 0.25) is 0 Å². The fourth-order valence-corrected chi connectivity index (χ4v) is 5.05. The summed E-state index contributed by atoms with van der Waals surface area (Å²) in [7, 11) is 3.21. The van der Waals surface area contributed by atoms with Crippen LogP contribution in [0.2, 0.25) is 0 Å². The molecule has 0 atom stereocenters. The first kappa shape index (κ1) is 24.1. The van der Waals surface area contributed by atoms with Crippen LogP contribution in [0.1, 0.15) is 34.1 Å². The second kappa shape index (κ2) is 10.9. The monoisotopic (exact) mass is 483 g/mol. The number of amides is 1. The lowest BCUT2D eigenvalue weighted by Crippen LogP contribution is -2.39. The van der Waals surface area contributed by atoms with Crippen molar-refractivity contribution in [3.05, 3.63) is 47.5 Å². The number of nitrogens with zero attached hydrogens (tertiary/aromatic N) is 3. The molecule has 3 aromatic rings. The third kappa shape index (κ3) is 5.22. The summed E-state index contributed by atoms with van der Waals surface area (Å²) in [6, 6.07) is 10.4. The summed E-state index contributed by atoms with van der Waals surface area (Å²) < 4.78 is 17.3. The molecular weight excluding hydrogens is 454 g/mol. The van der Waals surface area contributed by atoms with Crippen molar-refractivity contribution in [1.29, 1.82) is 0 Å². The predicted molar refractivity (Wildman–Crippen MR) is 133 cm³/mol. The Balaban J connectivity index is 1.65. The molecule has 9 heteroatoms. The highest BCUT2D eigenvalue weighted by atomic mass is 32.1. The molecule has 1 aromatic heterocycles. The number of carbonyl (C=O) groups excluding carboxylic acids is 2. The summed E-state index contributed by atoms with van der Waals surface area (Å²) in [5.41, 5.74) is 1.75. The van der Waals surface area contributed by atoms with Gasteiger partial charge in [-0.15, -0.1) is 0 Å². The van der Waals surface area contributed by atoms with Crippen molar-refractivity contribution in [2.24, 2.45) is 0 Å². The topological polar surface area (TPSA) is 81.2 Å². The number of thiazole rings is 1. The molecule has 0 radical (unpaired) electrons. The lowest BCUT2D eigenvalue weighted by atomic mass is 10.1. The molecule has 1 fully saturated rings. The molecule has 0 N–H and O–H groups in total. The van der Waals surface area contributed by atoms with Crippen LogP contribution < -0.4 is 14.4 Å². The van der Waals surface area contributed by atoms with Gasteiger partial charge in [0.25, 0.3) is 5.91 Å². The van der Waals surface area contributed by atoms with Gasteiger partial charge in [-0.25, -0.2) is 4.98 Å². The maximum atomic E-state index is 13.6. The summed E-state index contributed by atoms with van der Waals surface area (Å²) in [6.45, 7) is 6.16. The minimum atomic E-state index is -0.158. The van der Waals surface area contributed by atoms with Crippen molar-refractivity contribution in [1.82, 2.24) is 9.88 Å². The van der Waals surface area contributed by atoms with Crippen LogP contribution in [0, 0.1) is 0 Å². The lowest BCUT2D eigenvalue weighted by molar-refractivity contribution is 0.0376. The molecule has 1 amide bonds. The molecule has 1 saturated heterocycles. The summed E-state index contributed by atoms with van der Waals surface area (Å²) in [5, 5.41) is 0.584. The van der Waals surface area contributed by atoms with Gasteiger partial charge in [0.05, 0.1) is 27.4 Å². The van der Waals surface area contributed by atoms with E-state index < -0.39 is 0 Å². The number of carbonyl (C=O) groups is 2. The van der Waals surface area contributed by atoms with Gasteiger partial charge in [-0.2, -0.15) is 0 Å². The molecule has 1 aliphatic rings. The molecule has 0 bridgehead atoms. The number of ketones is 1. The van der Waals surface area contributed by atoms with E-state index in [1.807, 2.05) is 12.1 Å². The average Bonchev–Trinajstić information content (AvgIpc) is 3.31. The number of morpholine rings is 1. The second-order valence-corrected chi connectivity index (χ2v) is 9.02. The molecule has 1 aliphatic heterocycles. The van der Waals surface area contributed by atoms with Crippen molar-refractivity contribution in [3.8, 4) is 11.5 Å². The van der Waals surface area contributed by atoms with E-state index in [0.717, 1.165) is 44.0 Å². The van der Waals surface area contributed by atoms with Gasteiger partial charge in [0.15, 0.2) is 10.9 Å². The first-order valence-electron chi connectivity index (χ1n) is 11.3. The number of methoxy groups -OCH3 is 2. The zero-order valence-electron chi connectivity index (χ0n) is 19.7. The molecule has 8 nitrogen and oxygen atoms in total. The Morgan fingerprint density at radius 1 is 1.03 bits per heavy atom. The first-order chi connectivity index (χ1) is 16.5. The molecule has 180 valence electrons. The molecule has 0 unspecified atom stereocenters. The molecule has 2 heterocycles. The number of hydrogen-bond acceptors (Lipinski definition) is 8. The molecule has 0 spiro atoms. The van der Waals surface area contributed by atoms with Gasteiger partial charge < -0.3 is 14.2 Å². The van der Waals surface area contributed by atoms with Gasteiger partial charge in [-0.05, 0) is 37.6 Å². The van der Waals surface area contributed by atoms with E-state index in [1.54, 1.807) is 43.4 Å². The minimum absolute atomic E-state index is 0.0354. The Labute approximate surface area is 203 Å². The number of fused-ring (bicyclic) bond motifs is 1. The third-order valence-corrected chi connectivity index (χ3v) is 6.97. The number of ether oxygens (including phenoxy) is 3. The van der Waals surface area contributed by atoms with Gasteiger partial charge in [0, 0.05) is 37.3 Å². The Bertz CT molecular complexity index is 1110. The van der Waals surface area contributed by atoms with Gasteiger partial charge >= 0.3 is 0 Å². The van der Waals surface area contributed by atoms with Crippen LogP contribution in [-0.4, -0.2) is 75.2 Å². The van der Waals surface area contributed by atoms with E-state index in [9.17, 15) is 9.59 Å². The maximum Gasteiger partial charge on any atom is 0.260 e. The summed E-state index contributed by atoms with van der Waals surface area (Å²) >= 11 is 1.40. The van der Waals surface area contributed by atoms with Crippen LogP contribution >= 0.6 is 11.3 Å². The van der Waals surface area contributed by atoms with Crippen LogP contribution in [-0.2, 0) is 4.74 Å². The van der Waals surface area contributed by atoms with Crippen LogP contribution in [0.15, 0.2) is 36.4 Å². The number of hydrogen-bond donors (Lipinski definition) is 0. The van der Waals surface area contributed by atoms with Crippen molar-refractivity contribution < 1.29 is 23.8 Å². The predicted octanol–water partition coefficient (Wildman–Crippen LogP) is 3.89. The largest absolute Gasteiger partial charge is 0.495 e. The van der Waals surface area contributed by atoms with Crippen LogP contribution in [0.4, 0.5) is 5.13 Å².